The number of carbonyl (C=O) groups excluding carboxylic acids is 2. The molecule has 0 N–H and O–H groups in total. The van der Waals surface area contributed by atoms with Gasteiger partial charge in [0.2, 0.25) is 5.13 Å². The van der Waals surface area contributed by atoms with Crippen LogP contribution in [0.5, 0.6) is 0 Å². The topological polar surface area (TPSA) is 77.7 Å². The van der Waals surface area contributed by atoms with Crippen LogP contribution < -0.4 is 0 Å². The lowest BCUT2D eigenvalue weighted by atomic mass is 10.1. The van der Waals surface area contributed by atoms with Crippen molar-refractivity contribution in [3.8, 4) is 27.5 Å². The highest BCUT2D eigenvalue weighted by Gasteiger charge is 2.18. The second-order valence-electron chi connectivity index (χ2n) is 7.60. The molecule has 0 aliphatic heterocycles. The van der Waals surface area contributed by atoms with Crippen molar-refractivity contribution in [1.82, 2.24) is 19.7 Å². The van der Waals surface area contributed by atoms with Crippen LogP contribution in [0.2, 0.25) is 0 Å². The lowest BCUT2D eigenvalue weighted by molar-refractivity contribution is -0.191. The van der Waals surface area contributed by atoms with E-state index >= 15 is 0 Å². The van der Waals surface area contributed by atoms with Crippen LogP contribution in [-0.4, -0.2) is 31.1 Å². The molecule has 0 saturated heterocycles. The zero-order valence-electron chi connectivity index (χ0n) is 18.9. The van der Waals surface area contributed by atoms with Crippen molar-refractivity contribution in [3.63, 3.8) is 0 Å². The summed E-state index contributed by atoms with van der Waals surface area (Å²) in [6.45, 7) is 10.3. The van der Waals surface area contributed by atoms with Gasteiger partial charge in [0.05, 0.1) is 15.6 Å². The first-order chi connectivity index (χ1) is 15.7. The molecule has 0 atom stereocenters. The second kappa shape index (κ2) is 10.7. The number of thioether (sulfide) groups is 1. The van der Waals surface area contributed by atoms with Crippen LogP contribution in [0.3, 0.4) is 0 Å². The molecule has 170 valence electrons. The summed E-state index contributed by atoms with van der Waals surface area (Å²) in [6, 6.07) is 10.7. The van der Waals surface area contributed by atoms with E-state index in [2.05, 4.69) is 31.0 Å². The Morgan fingerprint density at radius 3 is 2.18 bits per heavy atom. The molecule has 0 bridgehead atoms. The maximum absolute atomic E-state index is 13.4. The predicted molar refractivity (Wildman–Crippen MR) is 128 cm³/mol. The van der Waals surface area contributed by atoms with Crippen molar-refractivity contribution in [1.29, 1.82) is 0 Å². The highest BCUT2D eigenvalue weighted by molar-refractivity contribution is 8.01. The summed E-state index contributed by atoms with van der Waals surface area (Å²) in [5, 5.41) is 5.95. The molecule has 4 rings (SSSR count). The van der Waals surface area contributed by atoms with E-state index in [1.165, 1.54) is 12.1 Å². The van der Waals surface area contributed by atoms with Gasteiger partial charge in [0.15, 0.2) is 0 Å². The Bertz CT molecular complexity index is 1270. The number of hydrogen-bond acceptors (Lipinski definition) is 7. The Balaban J connectivity index is 0.000000968. The van der Waals surface area contributed by atoms with Crippen LogP contribution >= 0.6 is 23.1 Å². The van der Waals surface area contributed by atoms with E-state index in [0.717, 1.165) is 48.8 Å². The van der Waals surface area contributed by atoms with E-state index in [9.17, 15) is 4.39 Å². The average molecular weight is 483 g/mol. The first-order valence-corrected chi connectivity index (χ1v) is 11.9. The van der Waals surface area contributed by atoms with Crippen molar-refractivity contribution < 1.29 is 14.0 Å². The molecule has 1 aromatic carbocycles. The molecule has 33 heavy (non-hydrogen) atoms. The van der Waals surface area contributed by atoms with E-state index in [4.69, 9.17) is 19.7 Å². The molecule has 9 heteroatoms. The number of pyridine rings is 1. The molecule has 0 spiro atoms. The smallest absolute Gasteiger partial charge is 0.258 e. The molecule has 0 aliphatic carbocycles. The SMILES string of the molecule is Cc1cc(-c2cn(-c3nc(-c4ccc(F)cc4)c(SC(C)C)s3)nc2C)cc(C)n1.O=C=O. The van der Waals surface area contributed by atoms with E-state index < -0.39 is 0 Å². The third-order valence-electron chi connectivity index (χ3n) is 4.53. The van der Waals surface area contributed by atoms with Gasteiger partial charge in [0.25, 0.3) is 0 Å². The van der Waals surface area contributed by atoms with Gasteiger partial charge in [0.1, 0.15) is 5.82 Å². The van der Waals surface area contributed by atoms with Crippen molar-refractivity contribution in [2.75, 3.05) is 0 Å². The van der Waals surface area contributed by atoms with Crippen LogP contribution in [0.15, 0.2) is 46.8 Å². The van der Waals surface area contributed by atoms with Crippen LogP contribution in [0.1, 0.15) is 30.9 Å². The van der Waals surface area contributed by atoms with Crippen molar-refractivity contribution in [3.05, 3.63) is 65.5 Å². The zero-order chi connectivity index (χ0) is 24.1. The molecule has 0 fully saturated rings. The van der Waals surface area contributed by atoms with Gasteiger partial charge in [-0.05, 0) is 62.7 Å². The number of nitrogens with zero attached hydrogens (tertiary/aromatic N) is 4. The second-order valence-corrected chi connectivity index (χ2v) is 10.4. The van der Waals surface area contributed by atoms with Gasteiger partial charge >= 0.3 is 6.15 Å². The average Bonchev–Trinajstić information content (AvgIpc) is 3.32. The number of halogens is 1. The molecule has 0 unspecified atom stereocenters. The van der Waals surface area contributed by atoms with E-state index in [0.29, 0.717) is 5.25 Å². The fourth-order valence-electron chi connectivity index (χ4n) is 3.31. The number of thiazole rings is 1. The van der Waals surface area contributed by atoms with Crippen molar-refractivity contribution in [2.45, 2.75) is 44.1 Å². The summed E-state index contributed by atoms with van der Waals surface area (Å²) in [5.41, 5.74) is 6.87. The third kappa shape index (κ3) is 6.01. The Labute approximate surface area is 199 Å². The first-order valence-electron chi connectivity index (χ1n) is 10.2. The first kappa shape index (κ1) is 24.5. The van der Waals surface area contributed by atoms with Crippen LogP contribution in [-0.2, 0) is 9.59 Å². The quantitative estimate of drug-likeness (QED) is 0.323. The van der Waals surface area contributed by atoms with E-state index in [1.807, 2.05) is 31.6 Å². The van der Waals surface area contributed by atoms with Gasteiger partial charge in [-0.1, -0.05) is 25.2 Å². The highest BCUT2D eigenvalue weighted by atomic mass is 32.2. The van der Waals surface area contributed by atoms with Crippen LogP contribution in [0.25, 0.3) is 27.5 Å². The maximum atomic E-state index is 13.4. The van der Waals surface area contributed by atoms with Gasteiger partial charge in [-0.3, -0.25) is 4.98 Å². The fourth-order valence-corrected chi connectivity index (χ4v) is 5.76. The number of hydrogen-bond donors (Lipinski definition) is 0. The standard InChI is InChI=1S/C23H23FN4S2.CO2/c1-13(2)29-22-21(17-6-8-19(24)9-7-17)26-23(30-22)28-12-20(16(5)27-28)18-10-14(3)25-15(4)11-18;2-1-3/h6-13H,1-5H3;. The number of rotatable bonds is 5. The Kier molecular flexibility index (Phi) is 7.92. The number of aromatic nitrogens is 4. The molecular weight excluding hydrogens is 459 g/mol. The lowest BCUT2D eigenvalue weighted by Crippen LogP contribution is -1.94. The van der Waals surface area contributed by atoms with Gasteiger partial charge in [-0.2, -0.15) is 14.7 Å². The minimum Gasteiger partial charge on any atom is -0.258 e. The molecule has 0 radical (unpaired) electrons. The largest absolute Gasteiger partial charge is 0.373 e. The number of benzene rings is 1. The monoisotopic (exact) mass is 482 g/mol. The van der Waals surface area contributed by atoms with E-state index in [1.54, 1.807) is 35.2 Å². The Hall–Kier alpha value is -3.13. The highest BCUT2D eigenvalue weighted by Crippen LogP contribution is 2.40. The molecule has 0 aliphatic rings. The third-order valence-corrected chi connectivity index (χ3v) is 6.79. The summed E-state index contributed by atoms with van der Waals surface area (Å²) < 4.78 is 16.4. The minimum atomic E-state index is -0.248. The zero-order valence-corrected chi connectivity index (χ0v) is 20.6. The van der Waals surface area contributed by atoms with Crippen LogP contribution in [0, 0.1) is 26.6 Å². The minimum absolute atomic E-state index is 0.248. The predicted octanol–water partition coefficient (Wildman–Crippen LogP) is 6.04. The molecule has 0 amide bonds. The Morgan fingerprint density at radius 1 is 1.00 bits per heavy atom. The lowest BCUT2D eigenvalue weighted by Gasteiger charge is -2.04. The Morgan fingerprint density at radius 2 is 1.61 bits per heavy atom. The maximum Gasteiger partial charge on any atom is 0.373 e. The summed E-state index contributed by atoms with van der Waals surface area (Å²) in [5.74, 6) is -0.248. The van der Waals surface area contributed by atoms with Gasteiger partial charge in [0, 0.05) is 34.0 Å². The summed E-state index contributed by atoms with van der Waals surface area (Å²) in [6.07, 6.45) is 2.28. The number of aryl methyl sites for hydroxylation is 3. The molecule has 6 nitrogen and oxygen atoms in total. The molecule has 4 aromatic rings. The van der Waals surface area contributed by atoms with Crippen LogP contribution in [0.4, 0.5) is 4.39 Å². The summed E-state index contributed by atoms with van der Waals surface area (Å²) in [4.78, 5) is 25.6. The normalized spacial score (nSPS) is 10.6. The van der Waals surface area contributed by atoms with Crippen molar-refractivity contribution in [2.24, 2.45) is 0 Å². The fraction of sp³-hybridized carbons (Fsp3) is 0.250. The van der Waals surface area contributed by atoms with Crippen molar-refractivity contribution >= 4 is 29.3 Å². The van der Waals surface area contributed by atoms with E-state index in [-0.39, 0.29) is 12.0 Å². The van der Waals surface area contributed by atoms with Gasteiger partial charge < -0.3 is 0 Å². The molecule has 0 saturated carbocycles. The van der Waals surface area contributed by atoms with Gasteiger partial charge in [-0.15, -0.1) is 11.8 Å². The molecular formula is C24H23FN4O2S2. The van der Waals surface area contributed by atoms with Gasteiger partial charge in [-0.25, -0.2) is 14.1 Å². The molecule has 3 heterocycles. The summed E-state index contributed by atoms with van der Waals surface area (Å²) >= 11 is 3.37. The molecule has 3 aromatic heterocycles. The summed E-state index contributed by atoms with van der Waals surface area (Å²) in [7, 11) is 0.